The molecule has 0 fully saturated rings. The maximum absolute atomic E-state index is 14.5. The zero-order chi connectivity index (χ0) is 74.9. The summed E-state index contributed by atoms with van der Waals surface area (Å²) in [4.78, 5) is 60.8. The van der Waals surface area contributed by atoms with Crippen LogP contribution in [0.5, 0.6) is 0 Å². The molecule has 0 saturated carbocycles. The van der Waals surface area contributed by atoms with Gasteiger partial charge in [-0.1, -0.05) is 71.2 Å². The monoisotopic (exact) mass is 1510 g/mol. The van der Waals surface area contributed by atoms with Crippen molar-refractivity contribution in [2.75, 3.05) is 17.2 Å². The number of nitrogens with zero attached hydrogens (tertiary/aromatic N) is 15. The quantitative estimate of drug-likeness (QED) is 0.0531. The van der Waals surface area contributed by atoms with Crippen LogP contribution in [0.1, 0.15) is 81.5 Å². The Labute approximate surface area is 625 Å². The van der Waals surface area contributed by atoms with E-state index < -0.39 is 35.2 Å². The normalized spacial score (nSPS) is 10.8. The molecule has 0 aliphatic heterocycles. The van der Waals surface area contributed by atoms with Crippen molar-refractivity contribution in [3.63, 3.8) is 0 Å². The van der Waals surface area contributed by atoms with E-state index in [4.69, 9.17) is 68.1 Å². The van der Waals surface area contributed by atoms with Crippen LogP contribution in [0, 0.1) is 51.4 Å². The fourth-order valence-electron chi connectivity index (χ4n) is 11.4. The third-order valence-corrected chi connectivity index (χ3v) is 17.0. The number of aromatic nitrogens is 12. The molecule has 32 heteroatoms. The van der Waals surface area contributed by atoms with Crippen molar-refractivity contribution in [3.05, 3.63) is 283 Å². The number of fused-ring (bicyclic) bond motifs is 6. The molecule has 0 radical (unpaired) electrons. The number of carboxylic acids is 1. The lowest BCUT2D eigenvalue weighted by Crippen LogP contribution is -2.23. The van der Waals surface area contributed by atoms with Crippen molar-refractivity contribution >= 4 is 147 Å². The Kier molecular flexibility index (Phi) is 23.0. The van der Waals surface area contributed by atoms with Gasteiger partial charge in [0.05, 0.1) is 45.8 Å². The molecule has 0 atom stereocenters. The molecule has 9 heterocycles. The standard InChI is InChI=1S/2C25H17ClFN7O.C15H8ClFN4O2.C10H11N3.ClH/c2*26-18-8-17-6-15(7-21(27)23(17)31-11-18)12-34-13-20(22(9-28)33-34)25(35)32-10-14-1-2-19-16(5-14)3-4-30-24(19)29;16-10-3-9-1-8(2-12(17)14(9)19-5-10)6-21-7-11(15(22)23)13(4-18)20-21;11-6-7-1-2-9-8(5-7)3-4-13-10(9)12;/h2*1-8,11,13H,10,12H2,(H2,29,30)(H,32,35);1-3,5,7H,6H2,(H,22,23);1-5H,6,11H2,(H2,12,13);1H. The highest BCUT2D eigenvalue weighted by atomic mass is 35.5. The van der Waals surface area contributed by atoms with Gasteiger partial charge in [0.2, 0.25) is 0 Å². The van der Waals surface area contributed by atoms with E-state index in [0.717, 1.165) is 49.0 Å². The van der Waals surface area contributed by atoms with Gasteiger partial charge in [0.25, 0.3) is 11.8 Å². The highest BCUT2D eigenvalue weighted by Crippen LogP contribution is 2.28. The van der Waals surface area contributed by atoms with Crippen LogP contribution in [0.2, 0.25) is 15.1 Å². The van der Waals surface area contributed by atoms with Crippen LogP contribution in [0.25, 0.3) is 65.0 Å². The van der Waals surface area contributed by atoms with Crippen molar-refractivity contribution in [2.24, 2.45) is 5.73 Å². The Morgan fingerprint density at radius 2 is 0.738 bits per heavy atom. The molecule has 0 bridgehead atoms. The summed E-state index contributed by atoms with van der Waals surface area (Å²) in [7, 11) is 0. The van der Waals surface area contributed by atoms with Crippen LogP contribution >= 0.6 is 47.2 Å². The smallest absolute Gasteiger partial charge is 0.340 e. The number of benzene rings is 6. The van der Waals surface area contributed by atoms with Gasteiger partial charge in [-0.05, 0) is 141 Å². The molecule has 25 nitrogen and oxygen atoms in total. The van der Waals surface area contributed by atoms with Gasteiger partial charge in [0.1, 0.15) is 75.2 Å². The number of nitriles is 3. The largest absolute Gasteiger partial charge is 0.478 e. The lowest BCUT2D eigenvalue weighted by Gasteiger charge is -2.07. The first kappa shape index (κ1) is 74.8. The average Bonchev–Trinajstić information content (AvgIpc) is 1.70. The van der Waals surface area contributed by atoms with Crippen LogP contribution in [0.4, 0.5) is 30.6 Å². The molecule has 9 aromatic heterocycles. The molecule has 0 aliphatic rings. The van der Waals surface area contributed by atoms with Gasteiger partial charge >= 0.3 is 5.97 Å². The van der Waals surface area contributed by atoms with Crippen molar-refractivity contribution < 1.29 is 32.7 Å². The SMILES string of the molecule is Cl.N#Cc1nn(Cc2cc(F)c3ncc(Cl)cc3c2)cc1C(=O)NCc1ccc2c(N)nccc2c1.N#Cc1nn(Cc2cc(F)c3ncc(Cl)cc3c2)cc1C(=O)NCc1ccc2c(N)nccc2c1.N#Cc1nn(Cc2cc(F)c3ncc(Cl)cc3c2)cc1C(=O)O.NCc1ccc2c(N)nccc2c1. The molecule has 15 aromatic rings. The number of nitrogens with two attached hydrogens (primary N) is 4. The van der Waals surface area contributed by atoms with Crippen LogP contribution in [-0.4, -0.2) is 82.1 Å². The van der Waals surface area contributed by atoms with Gasteiger partial charge in [-0.15, -0.1) is 12.4 Å². The fraction of sp³-hybridized carbons (Fsp3) is 0.0800. The van der Waals surface area contributed by atoms with Gasteiger partial charge in [-0.25, -0.2) is 32.9 Å². The summed E-state index contributed by atoms with van der Waals surface area (Å²) in [6.07, 6.45) is 13.3. The van der Waals surface area contributed by atoms with Crippen LogP contribution < -0.4 is 33.6 Å². The summed E-state index contributed by atoms with van der Waals surface area (Å²) >= 11 is 17.8. The summed E-state index contributed by atoms with van der Waals surface area (Å²) < 4.78 is 47.2. The second-order valence-corrected chi connectivity index (χ2v) is 24.9. The number of anilines is 3. The minimum atomic E-state index is -1.24. The minimum Gasteiger partial charge on any atom is -0.478 e. The number of hydrogen-bond donors (Lipinski definition) is 7. The number of nitrogen functional groups attached to an aromatic ring is 3. The molecule has 2 amide bonds. The number of rotatable bonds is 14. The number of hydrogen-bond acceptors (Lipinski definition) is 19. The summed E-state index contributed by atoms with van der Waals surface area (Å²) in [5.41, 5.74) is 28.0. The molecule has 0 unspecified atom stereocenters. The zero-order valence-corrected chi connectivity index (χ0v) is 58.5. The third kappa shape index (κ3) is 17.5. The van der Waals surface area contributed by atoms with E-state index in [1.165, 1.54) is 69.4 Å². The van der Waals surface area contributed by atoms with Crippen molar-refractivity contribution in [1.82, 2.24) is 69.9 Å². The Morgan fingerprint density at radius 1 is 0.430 bits per heavy atom. The zero-order valence-electron chi connectivity index (χ0n) is 55.4. The number of carbonyl (C=O) groups excluding carboxylic acids is 2. The lowest BCUT2D eigenvalue weighted by atomic mass is 10.1. The first-order valence-electron chi connectivity index (χ1n) is 31.6. The second kappa shape index (κ2) is 32.9. The minimum absolute atomic E-state index is 0. The fourth-order valence-corrected chi connectivity index (χ4v) is 11.9. The molecule has 15 rings (SSSR count). The summed E-state index contributed by atoms with van der Waals surface area (Å²) in [6, 6.07) is 42.4. The third-order valence-electron chi connectivity index (χ3n) is 16.4. The van der Waals surface area contributed by atoms with E-state index in [1.807, 2.05) is 84.9 Å². The van der Waals surface area contributed by atoms with Crippen molar-refractivity contribution in [2.45, 2.75) is 39.3 Å². The molecule has 0 spiro atoms. The average molecular weight is 1510 g/mol. The van der Waals surface area contributed by atoms with Gasteiger partial charge in [-0.2, -0.15) is 31.1 Å². The number of aromatic carboxylic acids is 1. The summed E-state index contributed by atoms with van der Waals surface area (Å²) in [6.45, 7) is 1.47. The molecule has 0 aliphatic carbocycles. The number of amides is 2. The summed E-state index contributed by atoms with van der Waals surface area (Å²) in [5.74, 6) is -2.18. The molecule has 107 heavy (non-hydrogen) atoms. The van der Waals surface area contributed by atoms with E-state index in [2.05, 4.69) is 55.8 Å². The number of pyridine rings is 6. The van der Waals surface area contributed by atoms with E-state index in [9.17, 15) is 38.1 Å². The van der Waals surface area contributed by atoms with Crippen molar-refractivity contribution in [3.8, 4) is 18.2 Å². The molecule has 11 N–H and O–H groups in total. The first-order chi connectivity index (χ1) is 51.1. The van der Waals surface area contributed by atoms with Crippen molar-refractivity contribution in [1.29, 1.82) is 15.8 Å². The Bertz CT molecular complexity index is 5890. The molecular weight excluding hydrogens is 1460 g/mol. The number of carboxylic acid groups (broad SMARTS) is 1. The Morgan fingerprint density at radius 3 is 1.06 bits per heavy atom. The van der Waals surface area contributed by atoms with Gasteiger partial charge in [0, 0.05) is 108 Å². The van der Waals surface area contributed by atoms with E-state index in [1.54, 1.807) is 61.1 Å². The topological polar surface area (TPSA) is 402 Å². The van der Waals surface area contributed by atoms with Crippen LogP contribution in [0.15, 0.2) is 183 Å². The van der Waals surface area contributed by atoms with Gasteiger partial charge in [0.15, 0.2) is 17.1 Å². The van der Waals surface area contributed by atoms with E-state index >= 15 is 0 Å². The lowest BCUT2D eigenvalue weighted by molar-refractivity contribution is 0.0695. The predicted molar refractivity (Wildman–Crippen MR) is 401 cm³/mol. The molecule has 0 saturated heterocycles. The molecule has 6 aromatic carbocycles. The maximum atomic E-state index is 14.5. The maximum Gasteiger partial charge on any atom is 0.340 e. The molecular formula is C75H54Cl4F3N21O4. The number of nitrogens with one attached hydrogen (secondary N) is 2. The second-order valence-electron chi connectivity index (χ2n) is 23.6. The Balaban J connectivity index is 0.000000149. The van der Waals surface area contributed by atoms with E-state index in [0.29, 0.717) is 71.9 Å². The number of carbonyl (C=O) groups is 3. The Hall–Kier alpha value is -13.4. The first-order valence-corrected chi connectivity index (χ1v) is 32.8. The highest BCUT2D eigenvalue weighted by Gasteiger charge is 2.21. The van der Waals surface area contributed by atoms with E-state index in [-0.39, 0.29) is 95.5 Å². The number of halogens is 7. The van der Waals surface area contributed by atoms with Crippen LogP contribution in [-0.2, 0) is 39.3 Å². The molecule has 532 valence electrons. The predicted octanol–water partition coefficient (Wildman–Crippen LogP) is 12.9. The van der Waals surface area contributed by atoms with Gasteiger partial charge in [-0.3, -0.25) is 38.6 Å². The van der Waals surface area contributed by atoms with Gasteiger partial charge < -0.3 is 38.7 Å². The van der Waals surface area contributed by atoms with Crippen LogP contribution in [0.3, 0.4) is 0 Å². The summed E-state index contributed by atoms with van der Waals surface area (Å²) in [5, 5.41) is 63.1. The highest BCUT2D eigenvalue weighted by molar-refractivity contribution is 6.31.